The standard InChI is InChI=1S/C18H14BrCl2N5O2/c1-2-26-17(27)15(7-14(25-26)10-4-3-5-11(19)6-10)23-18(28)24-16-12(20)8-22-9-13(16)21/h3-9H,2H2,1H3,(H2,22,23,24,28). The molecular weight excluding hydrogens is 469 g/mol. The van der Waals surface area contributed by atoms with Crippen molar-refractivity contribution in [1.82, 2.24) is 14.8 Å². The smallest absolute Gasteiger partial charge is 0.305 e. The van der Waals surface area contributed by atoms with Crippen LogP contribution in [0.5, 0.6) is 0 Å². The summed E-state index contributed by atoms with van der Waals surface area (Å²) in [5.74, 6) is 0. The molecule has 144 valence electrons. The number of aromatic nitrogens is 3. The first-order chi connectivity index (χ1) is 13.4. The number of anilines is 2. The van der Waals surface area contributed by atoms with Crippen LogP contribution in [0.15, 0.2) is 52.0 Å². The molecule has 0 saturated heterocycles. The van der Waals surface area contributed by atoms with Gasteiger partial charge in [0.15, 0.2) is 0 Å². The number of aryl methyl sites for hydroxylation is 1. The van der Waals surface area contributed by atoms with Crippen LogP contribution in [-0.2, 0) is 6.54 Å². The summed E-state index contributed by atoms with van der Waals surface area (Å²) in [4.78, 5) is 28.8. The van der Waals surface area contributed by atoms with Gasteiger partial charge >= 0.3 is 6.03 Å². The van der Waals surface area contributed by atoms with Gasteiger partial charge in [-0.1, -0.05) is 51.3 Å². The molecule has 0 atom stereocenters. The van der Waals surface area contributed by atoms with Gasteiger partial charge in [0.05, 0.1) is 21.4 Å². The lowest BCUT2D eigenvalue weighted by Crippen LogP contribution is -2.29. The fourth-order valence-corrected chi connectivity index (χ4v) is 3.29. The number of pyridine rings is 1. The number of rotatable bonds is 4. The highest BCUT2D eigenvalue weighted by Crippen LogP contribution is 2.28. The van der Waals surface area contributed by atoms with Crippen molar-refractivity contribution >= 4 is 56.5 Å². The van der Waals surface area contributed by atoms with Gasteiger partial charge in [0.2, 0.25) is 0 Å². The Morgan fingerprint density at radius 2 is 1.89 bits per heavy atom. The highest BCUT2D eigenvalue weighted by atomic mass is 79.9. The van der Waals surface area contributed by atoms with E-state index < -0.39 is 11.6 Å². The van der Waals surface area contributed by atoms with Crippen LogP contribution < -0.4 is 16.2 Å². The average Bonchev–Trinajstić information content (AvgIpc) is 2.66. The molecule has 0 fully saturated rings. The van der Waals surface area contributed by atoms with Crippen LogP contribution in [-0.4, -0.2) is 20.8 Å². The third-order valence-electron chi connectivity index (χ3n) is 3.73. The van der Waals surface area contributed by atoms with Gasteiger partial charge in [-0.3, -0.25) is 9.78 Å². The fraction of sp³-hybridized carbons (Fsp3) is 0.111. The minimum atomic E-state index is -0.666. The van der Waals surface area contributed by atoms with E-state index in [0.29, 0.717) is 12.2 Å². The van der Waals surface area contributed by atoms with Gasteiger partial charge in [0.25, 0.3) is 5.56 Å². The molecule has 1 aromatic carbocycles. The van der Waals surface area contributed by atoms with E-state index >= 15 is 0 Å². The van der Waals surface area contributed by atoms with Crippen LogP contribution >= 0.6 is 39.1 Å². The molecule has 3 rings (SSSR count). The van der Waals surface area contributed by atoms with Crippen LogP contribution in [0.4, 0.5) is 16.2 Å². The van der Waals surface area contributed by atoms with E-state index in [-0.39, 0.29) is 21.4 Å². The van der Waals surface area contributed by atoms with Crippen LogP contribution in [0.3, 0.4) is 0 Å². The van der Waals surface area contributed by atoms with Gasteiger partial charge in [-0.2, -0.15) is 5.10 Å². The second kappa shape index (κ2) is 8.72. The molecule has 0 saturated carbocycles. The molecule has 0 aliphatic rings. The maximum Gasteiger partial charge on any atom is 0.323 e. The van der Waals surface area contributed by atoms with Gasteiger partial charge in [-0.25, -0.2) is 9.48 Å². The van der Waals surface area contributed by atoms with E-state index in [2.05, 4.69) is 36.6 Å². The number of hydrogen-bond donors (Lipinski definition) is 2. The second-order valence-corrected chi connectivity index (χ2v) is 7.36. The first-order valence-electron chi connectivity index (χ1n) is 8.14. The normalized spacial score (nSPS) is 10.6. The summed E-state index contributed by atoms with van der Waals surface area (Å²) in [6.07, 6.45) is 2.70. The van der Waals surface area contributed by atoms with Crippen molar-refractivity contribution in [3.05, 3.63) is 67.6 Å². The molecule has 0 aliphatic carbocycles. The third kappa shape index (κ3) is 4.52. The van der Waals surface area contributed by atoms with Gasteiger partial charge in [0, 0.05) is 29.0 Å². The number of benzene rings is 1. The number of hydrogen-bond acceptors (Lipinski definition) is 4. The van der Waals surface area contributed by atoms with Crippen LogP contribution in [0, 0.1) is 0 Å². The van der Waals surface area contributed by atoms with Gasteiger partial charge in [-0.15, -0.1) is 0 Å². The summed E-state index contributed by atoms with van der Waals surface area (Å²) < 4.78 is 2.15. The van der Waals surface area contributed by atoms with E-state index in [1.165, 1.54) is 23.1 Å². The topological polar surface area (TPSA) is 88.9 Å². The zero-order chi connectivity index (χ0) is 20.3. The first kappa shape index (κ1) is 20.3. The van der Waals surface area contributed by atoms with Crippen LogP contribution in [0.25, 0.3) is 11.3 Å². The minimum Gasteiger partial charge on any atom is -0.305 e. The lowest BCUT2D eigenvalue weighted by atomic mass is 10.1. The van der Waals surface area contributed by atoms with Gasteiger partial charge < -0.3 is 10.6 Å². The summed E-state index contributed by atoms with van der Waals surface area (Å²) in [5.41, 5.74) is 1.18. The van der Waals surface area contributed by atoms with E-state index in [4.69, 9.17) is 23.2 Å². The summed E-state index contributed by atoms with van der Waals surface area (Å²) in [5, 5.41) is 9.77. The number of amides is 2. The maximum absolute atomic E-state index is 12.6. The Balaban J connectivity index is 1.94. The monoisotopic (exact) mass is 481 g/mol. The molecule has 0 unspecified atom stereocenters. The number of nitrogens with one attached hydrogen (secondary N) is 2. The molecule has 0 bridgehead atoms. The van der Waals surface area contributed by atoms with Crippen molar-refractivity contribution in [2.24, 2.45) is 0 Å². The number of urea groups is 1. The minimum absolute atomic E-state index is 0.0747. The maximum atomic E-state index is 12.6. The lowest BCUT2D eigenvalue weighted by Gasteiger charge is -2.12. The molecule has 28 heavy (non-hydrogen) atoms. The highest BCUT2D eigenvalue weighted by Gasteiger charge is 2.14. The van der Waals surface area contributed by atoms with Crippen molar-refractivity contribution < 1.29 is 4.79 Å². The van der Waals surface area contributed by atoms with Crippen molar-refractivity contribution in [3.8, 4) is 11.3 Å². The molecule has 0 spiro atoms. The van der Waals surface area contributed by atoms with E-state index in [0.717, 1.165) is 10.0 Å². The quantitative estimate of drug-likeness (QED) is 0.545. The van der Waals surface area contributed by atoms with Crippen LogP contribution in [0.2, 0.25) is 10.0 Å². The number of halogens is 3. The Kier molecular flexibility index (Phi) is 6.33. The largest absolute Gasteiger partial charge is 0.323 e. The van der Waals surface area contributed by atoms with Gasteiger partial charge in [0.1, 0.15) is 5.69 Å². The van der Waals surface area contributed by atoms with E-state index in [1.54, 1.807) is 6.92 Å². The molecule has 2 N–H and O–H groups in total. The molecule has 10 heteroatoms. The number of carbonyl (C=O) groups excluding carboxylic acids is 1. The molecule has 2 amide bonds. The Morgan fingerprint density at radius 1 is 1.18 bits per heavy atom. The van der Waals surface area contributed by atoms with E-state index in [9.17, 15) is 9.59 Å². The summed E-state index contributed by atoms with van der Waals surface area (Å²) >= 11 is 15.4. The molecule has 0 radical (unpaired) electrons. The zero-order valence-corrected chi connectivity index (χ0v) is 17.6. The molecular formula is C18H14BrCl2N5O2. The Bertz CT molecular complexity index is 1080. The summed E-state index contributed by atoms with van der Waals surface area (Å²) in [7, 11) is 0. The highest BCUT2D eigenvalue weighted by molar-refractivity contribution is 9.10. The van der Waals surface area contributed by atoms with Crippen molar-refractivity contribution in [3.63, 3.8) is 0 Å². The average molecular weight is 483 g/mol. The van der Waals surface area contributed by atoms with Crippen LogP contribution in [0.1, 0.15) is 6.92 Å². The first-order valence-corrected chi connectivity index (χ1v) is 9.69. The third-order valence-corrected chi connectivity index (χ3v) is 4.80. The molecule has 2 heterocycles. The predicted molar refractivity (Wildman–Crippen MR) is 114 cm³/mol. The SMILES string of the molecule is CCn1nc(-c2cccc(Br)c2)cc(NC(=O)Nc2c(Cl)cncc2Cl)c1=O. The Morgan fingerprint density at radius 3 is 2.54 bits per heavy atom. The molecule has 3 aromatic rings. The molecule has 0 aliphatic heterocycles. The van der Waals surface area contributed by atoms with Crippen molar-refractivity contribution in [2.75, 3.05) is 10.6 Å². The molecule has 7 nitrogen and oxygen atoms in total. The molecule has 2 aromatic heterocycles. The summed E-state index contributed by atoms with van der Waals surface area (Å²) in [6, 6.07) is 8.32. The van der Waals surface area contributed by atoms with Gasteiger partial charge in [-0.05, 0) is 25.1 Å². The van der Waals surface area contributed by atoms with Crippen molar-refractivity contribution in [2.45, 2.75) is 13.5 Å². The van der Waals surface area contributed by atoms with E-state index in [1.807, 2.05) is 24.3 Å². The Hall–Kier alpha value is -2.42. The Labute approximate surface area is 178 Å². The number of nitrogens with zero attached hydrogens (tertiary/aromatic N) is 3. The summed E-state index contributed by atoms with van der Waals surface area (Å²) in [6.45, 7) is 2.14. The lowest BCUT2D eigenvalue weighted by molar-refractivity contribution is 0.262. The predicted octanol–water partition coefficient (Wildman–Crippen LogP) is 5.04. The van der Waals surface area contributed by atoms with Crippen molar-refractivity contribution in [1.29, 1.82) is 0 Å². The number of carbonyl (C=O) groups is 1. The fourth-order valence-electron chi connectivity index (χ4n) is 2.43. The second-order valence-electron chi connectivity index (χ2n) is 5.63. The zero-order valence-electron chi connectivity index (χ0n) is 14.5.